The summed E-state index contributed by atoms with van der Waals surface area (Å²) in [6.45, 7) is 6.95. The van der Waals surface area contributed by atoms with Gasteiger partial charge in [0, 0.05) is 32.7 Å². The Morgan fingerprint density at radius 2 is 1.80 bits per heavy atom. The molecule has 2 unspecified atom stereocenters. The van der Waals surface area contributed by atoms with Crippen molar-refractivity contribution in [2.75, 3.05) is 45.9 Å². The van der Waals surface area contributed by atoms with Crippen molar-refractivity contribution in [3.05, 3.63) is 59.3 Å². The van der Waals surface area contributed by atoms with Gasteiger partial charge < -0.3 is 35.8 Å². The second kappa shape index (κ2) is 15.4. The molecular formula is C31H41N5O9S. The lowest BCUT2D eigenvalue weighted by Crippen LogP contribution is -2.52. The van der Waals surface area contributed by atoms with Crippen molar-refractivity contribution < 1.29 is 43.2 Å². The van der Waals surface area contributed by atoms with E-state index in [0.717, 1.165) is 37.0 Å². The third-order valence-corrected chi connectivity index (χ3v) is 9.63. The number of β-amino-alcohol motifs (C(OH)–C–C–N with tert-alkyl or cyclic N) is 1. The summed E-state index contributed by atoms with van der Waals surface area (Å²) in [5, 5.41) is 41.3. The molecule has 0 aliphatic carbocycles. The van der Waals surface area contributed by atoms with Gasteiger partial charge in [-0.1, -0.05) is 20.3 Å². The number of sulfonamides is 1. The van der Waals surface area contributed by atoms with Crippen molar-refractivity contribution in [3.63, 3.8) is 0 Å². The number of aliphatic hydroxyl groups is 1. The molecule has 5 rings (SSSR count). The number of aromatic hydroxyl groups is 2. The second-order valence-electron chi connectivity index (χ2n) is 11.0. The Kier molecular flexibility index (Phi) is 11.6. The lowest BCUT2D eigenvalue weighted by Gasteiger charge is -2.33. The number of carboxylic acids is 1. The molecule has 3 aliphatic rings. The first-order chi connectivity index (χ1) is 22.0. The van der Waals surface area contributed by atoms with Crippen molar-refractivity contribution in [2.24, 2.45) is 4.99 Å². The van der Waals surface area contributed by atoms with Crippen LogP contribution in [0.2, 0.25) is 0 Å². The Hall–Kier alpha value is -4.18. The standard InChI is InChI=1S/C24H35N5O5S.C7H6O4/c1-3-5-17-16-25-22-21(17)26-23(27-24(22)31)19-15-18(6-7-20(19)34-14-4-2)35(32,33)29-10-8-28(9-11-29)12-13-30;8-4-1-2-6(9)5(3-4)7(10)11/h6-7,15-16,21-22,25,30H,3-5,8-14H2,1-2H3,(H,26,27,31);1-3,8-9H,(H,10,11). The van der Waals surface area contributed by atoms with Crippen molar-refractivity contribution in [2.45, 2.75) is 50.1 Å². The van der Waals surface area contributed by atoms with Crippen LogP contribution in [0, 0.1) is 0 Å². The fourth-order valence-electron chi connectivity index (χ4n) is 5.35. The highest BCUT2D eigenvalue weighted by molar-refractivity contribution is 7.89. The smallest absolute Gasteiger partial charge is 0.339 e. The van der Waals surface area contributed by atoms with Gasteiger partial charge in [-0.3, -0.25) is 14.7 Å². The van der Waals surface area contributed by atoms with Gasteiger partial charge in [0.15, 0.2) is 0 Å². The van der Waals surface area contributed by atoms with E-state index in [1.165, 1.54) is 10.4 Å². The minimum absolute atomic E-state index is 0.0513. The molecule has 0 aromatic heterocycles. The highest BCUT2D eigenvalue weighted by atomic mass is 32.2. The molecular weight excluding hydrogens is 618 g/mol. The predicted molar refractivity (Wildman–Crippen MR) is 170 cm³/mol. The van der Waals surface area contributed by atoms with Crippen molar-refractivity contribution in [1.29, 1.82) is 0 Å². The number of carboxylic acid groups (broad SMARTS) is 1. The summed E-state index contributed by atoms with van der Waals surface area (Å²) in [6.07, 6.45) is 4.42. The molecule has 1 fully saturated rings. The molecule has 0 radical (unpaired) electrons. The number of nitrogens with one attached hydrogen (secondary N) is 2. The van der Waals surface area contributed by atoms with Crippen molar-refractivity contribution in [3.8, 4) is 17.2 Å². The van der Waals surface area contributed by atoms with E-state index >= 15 is 0 Å². The zero-order valence-corrected chi connectivity index (χ0v) is 26.7. The number of aromatic carboxylic acids is 1. The third kappa shape index (κ3) is 7.96. The predicted octanol–water partition coefficient (Wildman–Crippen LogP) is 1.47. The first-order valence-corrected chi connectivity index (χ1v) is 16.6. The maximum Gasteiger partial charge on any atom is 0.339 e. The van der Waals surface area contributed by atoms with E-state index in [9.17, 15) is 18.0 Å². The Morgan fingerprint density at radius 3 is 2.43 bits per heavy atom. The van der Waals surface area contributed by atoms with Crippen LogP contribution in [-0.4, -0.2) is 114 Å². The van der Waals surface area contributed by atoms with E-state index in [2.05, 4.69) is 17.6 Å². The SMILES string of the molecule is CCCOc1ccc(S(=O)(=O)N2CCN(CCO)CC2)cc1C1=NC2C(CCC)=CNC2C(=O)N1.O=C(O)c1cc(O)ccc1O. The molecule has 0 bridgehead atoms. The van der Waals surface area contributed by atoms with Crippen molar-refractivity contribution >= 4 is 27.7 Å². The Bertz CT molecular complexity index is 1590. The van der Waals surface area contributed by atoms with E-state index in [1.54, 1.807) is 18.2 Å². The maximum absolute atomic E-state index is 13.5. The van der Waals surface area contributed by atoms with Crippen LogP contribution in [0.15, 0.2) is 58.1 Å². The number of carbonyl (C=O) groups excluding carboxylic acids is 1. The maximum atomic E-state index is 13.5. The monoisotopic (exact) mass is 659 g/mol. The van der Waals surface area contributed by atoms with Gasteiger partial charge in [0.1, 0.15) is 40.7 Å². The van der Waals surface area contributed by atoms with E-state index in [-0.39, 0.29) is 40.5 Å². The van der Waals surface area contributed by atoms with Gasteiger partial charge in [-0.15, -0.1) is 0 Å². The summed E-state index contributed by atoms with van der Waals surface area (Å²) in [5.41, 5.74) is 1.23. The molecule has 6 N–H and O–H groups in total. The molecule has 3 heterocycles. The number of ether oxygens (including phenoxy) is 1. The van der Waals surface area contributed by atoms with Crippen LogP contribution in [0.4, 0.5) is 0 Å². The van der Waals surface area contributed by atoms with Crippen LogP contribution in [0.1, 0.15) is 49.0 Å². The number of aliphatic hydroxyl groups excluding tert-OH is 1. The number of hydrogen-bond donors (Lipinski definition) is 6. The van der Waals surface area contributed by atoms with E-state index in [0.29, 0.717) is 56.5 Å². The summed E-state index contributed by atoms with van der Waals surface area (Å²) in [4.78, 5) is 30.2. The Labute approximate surface area is 268 Å². The molecule has 0 saturated carbocycles. The summed E-state index contributed by atoms with van der Waals surface area (Å²) in [5.74, 6) is -1.17. The fourth-order valence-corrected chi connectivity index (χ4v) is 6.80. The van der Waals surface area contributed by atoms with Gasteiger partial charge in [-0.25, -0.2) is 13.2 Å². The lowest BCUT2D eigenvalue weighted by molar-refractivity contribution is -0.121. The van der Waals surface area contributed by atoms with E-state index < -0.39 is 22.0 Å². The number of nitrogens with zero attached hydrogens (tertiary/aromatic N) is 3. The highest BCUT2D eigenvalue weighted by Crippen LogP contribution is 2.30. The van der Waals surface area contributed by atoms with Gasteiger partial charge in [0.2, 0.25) is 10.0 Å². The van der Waals surface area contributed by atoms with Crippen LogP contribution < -0.4 is 15.4 Å². The normalized spacial score (nSPS) is 19.9. The van der Waals surface area contributed by atoms with Crippen molar-refractivity contribution in [1.82, 2.24) is 19.8 Å². The number of benzene rings is 2. The third-order valence-electron chi connectivity index (χ3n) is 7.74. The molecule has 2 aromatic rings. The molecule has 1 amide bonds. The summed E-state index contributed by atoms with van der Waals surface area (Å²) in [6, 6.07) is 7.30. The quantitative estimate of drug-likeness (QED) is 0.191. The Balaban J connectivity index is 0.000000369. The number of piperazine rings is 1. The number of rotatable bonds is 11. The van der Waals surface area contributed by atoms with Gasteiger partial charge in [0.25, 0.3) is 5.91 Å². The highest BCUT2D eigenvalue weighted by Gasteiger charge is 2.39. The minimum atomic E-state index is -3.75. The van der Waals surface area contributed by atoms with Crippen LogP contribution in [0.25, 0.3) is 0 Å². The average molecular weight is 660 g/mol. The summed E-state index contributed by atoms with van der Waals surface area (Å²) in [7, 11) is -3.75. The number of amidine groups is 1. The molecule has 2 atom stereocenters. The zero-order chi connectivity index (χ0) is 33.4. The first-order valence-electron chi connectivity index (χ1n) is 15.2. The molecule has 14 nitrogen and oxygen atoms in total. The van der Waals surface area contributed by atoms with E-state index in [1.807, 2.05) is 18.0 Å². The second-order valence-corrected chi connectivity index (χ2v) is 12.9. The Morgan fingerprint density at radius 1 is 1.07 bits per heavy atom. The number of fused-ring (bicyclic) bond motifs is 1. The number of carbonyl (C=O) groups is 2. The zero-order valence-electron chi connectivity index (χ0n) is 25.8. The molecule has 2 aromatic carbocycles. The lowest BCUT2D eigenvalue weighted by atomic mass is 9.98. The largest absolute Gasteiger partial charge is 0.508 e. The number of phenols is 2. The van der Waals surface area contributed by atoms with Crippen LogP contribution in [-0.2, 0) is 14.8 Å². The summed E-state index contributed by atoms with van der Waals surface area (Å²) < 4.78 is 34.3. The first kappa shape index (κ1) is 34.7. The number of aliphatic imine (C=N–C) groups is 1. The van der Waals surface area contributed by atoms with Gasteiger partial charge in [-0.05, 0) is 61.0 Å². The topological polar surface area (TPSA) is 201 Å². The van der Waals surface area contributed by atoms with Crippen LogP contribution in [0.3, 0.4) is 0 Å². The number of hydrogen-bond acceptors (Lipinski definition) is 11. The van der Waals surface area contributed by atoms with Crippen LogP contribution in [0.5, 0.6) is 17.2 Å². The average Bonchev–Trinajstić information content (AvgIpc) is 3.45. The number of phenolic OH excluding ortho intramolecular Hbond substituents is 1. The van der Waals surface area contributed by atoms with Gasteiger partial charge >= 0.3 is 5.97 Å². The molecule has 3 aliphatic heterocycles. The molecule has 0 spiro atoms. The molecule has 1 saturated heterocycles. The number of amides is 1. The molecule has 250 valence electrons. The van der Waals surface area contributed by atoms with Gasteiger partial charge in [-0.2, -0.15) is 4.31 Å². The van der Waals surface area contributed by atoms with E-state index in [4.69, 9.17) is 30.2 Å². The van der Waals surface area contributed by atoms with Crippen LogP contribution >= 0.6 is 0 Å². The van der Waals surface area contributed by atoms with Gasteiger partial charge in [0.05, 0.1) is 23.7 Å². The minimum Gasteiger partial charge on any atom is -0.508 e. The summed E-state index contributed by atoms with van der Waals surface area (Å²) >= 11 is 0. The fraction of sp³-hybridized carbons (Fsp3) is 0.452. The molecule has 15 heteroatoms. The molecule has 46 heavy (non-hydrogen) atoms.